The van der Waals surface area contributed by atoms with Gasteiger partial charge < -0.3 is 10.1 Å². The molecular formula is C22H27NO5S. The maximum Gasteiger partial charge on any atom is 0.407 e. The Morgan fingerprint density at radius 3 is 2.31 bits per heavy atom. The van der Waals surface area contributed by atoms with Crippen molar-refractivity contribution in [3.05, 3.63) is 65.7 Å². The number of hydrogen-bond acceptors (Lipinski definition) is 5. The number of ether oxygens (including phenoxy) is 1. The van der Waals surface area contributed by atoms with Crippen molar-refractivity contribution in [2.45, 2.75) is 50.2 Å². The zero-order valence-electron chi connectivity index (χ0n) is 16.5. The Hall–Kier alpha value is -2.38. The van der Waals surface area contributed by atoms with Crippen LogP contribution in [0.2, 0.25) is 0 Å². The average molecular weight is 418 g/mol. The number of aryl methyl sites for hydroxylation is 1. The second kappa shape index (κ2) is 9.89. The van der Waals surface area contributed by atoms with Crippen LogP contribution < -0.4 is 5.32 Å². The van der Waals surface area contributed by atoms with Gasteiger partial charge in [0.05, 0.1) is 11.5 Å². The van der Waals surface area contributed by atoms with Crippen molar-refractivity contribution in [3.63, 3.8) is 0 Å². The number of carbonyl (C=O) groups is 1. The molecular weight excluding hydrogens is 390 g/mol. The summed E-state index contributed by atoms with van der Waals surface area (Å²) in [4.78, 5) is 12.1. The molecule has 156 valence electrons. The number of hydrogen-bond donors (Lipinski definition) is 1. The number of benzene rings is 2. The highest BCUT2D eigenvalue weighted by atomic mass is 32.2. The molecule has 0 aromatic heterocycles. The highest BCUT2D eigenvalue weighted by molar-refractivity contribution is 7.86. The Morgan fingerprint density at radius 2 is 1.66 bits per heavy atom. The van der Waals surface area contributed by atoms with Gasteiger partial charge in [-0.1, -0.05) is 48.0 Å². The lowest BCUT2D eigenvalue weighted by atomic mass is 9.87. The van der Waals surface area contributed by atoms with E-state index in [9.17, 15) is 13.2 Å². The molecule has 0 saturated heterocycles. The first-order valence-corrected chi connectivity index (χ1v) is 11.3. The average Bonchev–Trinajstić information content (AvgIpc) is 2.73. The summed E-state index contributed by atoms with van der Waals surface area (Å²) in [5.41, 5.74) is 1.94. The monoisotopic (exact) mass is 417 g/mol. The second-order valence-corrected chi connectivity index (χ2v) is 9.09. The Morgan fingerprint density at radius 1 is 1.00 bits per heavy atom. The molecule has 2 aromatic carbocycles. The summed E-state index contributed by atoms with van der Waals surface area (Å²) in [7, 11) is -3.73. The summed E-state index contributed by atoms with van der Waals surface area (Å²) >= 11 is 0. The number of carbonyl (C=O) groups excluding carboxylic acids is 1. The maximum atomic E-state index is 12.3. The molecule has 0 atom stereocenters. The summed E-state index contributed by atoms with van der Waals surface area (Å²) in [5.74, 6) is 0.161. The molecule has 2 aromatic rings. The fourth-order valence-corrected chi connectivity index (χ4v) is 4.34. The standard InChI is InChI=1S/C22H27NO5S/c1-17-7-13-21(14-8-17)29(25,26)28-16-19-9-11-20(12-10-19)23-22(24)27-15-18-5-3-2-4-6-18/h2-8,13-14,19-20H,9-12,15-16H2,1H3,(H,23,24)/t19-,20-. The third-order valence-electron chi connectivity index (χ3n) is 5.15. The minimum absolute atomic E-state index is 0.0447. The van der Waals surface area contributed by atoms with Gasteiger partial charge in [0, 0.05) is 6.04 Å². The van der Waals surface area contributed by atoms with Crippen LogP contribution in [-0.2, 0) is 25.6 Å². The van der Waals surface area contributed by atoms with Crippen molar-refractivity contribution in [1.29, 1.82) is 0 Å². The van der Waals surface area contributed by atoms with Crippen molar-refractivity contribution in [3.8, 4) is 0 Å². The van der Waals surface area contributed by atoms with Gasteiger partial charge in [0.2, 0.25) is 0 Å². The van der Waals surface area contributed by atoms with Crippen molar-refractivity contribution in [2.24, 2.45) is 5.92 Å². The van der Waals surface area contributed by atoms with Crippen LogP contribution in [0.4, 0.5) is 4.79 Å². The highest BCUT2D eigenvalue weighted by Gasteiger charge is 2.25. The van der Waals surface area contributed by atoms with Crippen LogP contribution in [0, 0.1) is 12.8 Å². The van der Waals surface area contributed by atoms with Gasteiger partial charge in [-0.25, -0.2) is 4.79 Å². The largest absolute Gasteiger partial charge is 0.445 e. The molecule has 1 N–H and O–H groups in total. The van der Waals surface area contributed by atoms with Gasteiger partial charge in [0.15, 0.2) is 0 Å². The number of nitrogens with one attached hydrogen (secondary N) is 1. The summed E-state index contributed by atoms with van der Waals surface area (Å²) in [6, 6.07) is 16.2. The lowest BCUT2D eigenvalue weighted by Gasteiger charge is -2.28. The molecule has 0 radical (unpaired) electrons. The van der Waals surface area contributed by atoms with Crippen molar-refractivity contribution < 1.29 is 22.1 Å². The summed E-state index contributed by atoms with van der Waals surface area (Å²) in [6.45, 7) is 2.31. The number of alkyl carbamates (subject to hydrolysis) is 1. The van der Waals surface area contributed by atoms with E-state index in [1.54, 1.807) is 24.3 Å². The zero-order valence-corrected chi connectivity index (χ0v) is 17.4. The Kier molecular flexibility index (Phi) is 7.28. The molecule has 1 fully saturated rings. The molecule has 0 spiro atoms. The van der Waals surface area contributed by atoms with Crippen LogP contribution in [0.3, 0.4) is 0 Å². The van der Waals surface area contributed by atoms with Gasteiger partial charge in [0.25, 0.3) is 10.1 Å². The van der Waals surface area contributed by atoms with Gasteiger partial charge >= 0.3 is 6.09 Å². The first kappa shape index (κ1) is 21.3. The molecule has 3 rings (SSSR count). The molecule has 29 heavy (non-hydrogen) atoms. The van der Waals surface area contributed by atoms with E-state index in [0.717, 1.165) is 36.8 Å². The van der Waals surface area contributed by atoms with Crippen molar-refractivity contribution >= 4 is 16.2 Å². The molecule has 0 bridgehead atoms. The SMILES string of the molecule is Cc1ccc(S(=O)(=O)OC[C@H]2CC[C@H](NC(=O)OCc3ccccc3)CC2)cc1. The predicted molar refractivity (Wildman–Crippen MR) is 110 cm³/mol. The normalized spacial score (nSPS) is 19.5. The third kappa shape index (κ3) is 6.58. The zero-order chi connectivity index (χ0) is 20.7. The first-order chi connectivity index (χ1) is 13.9. The van der Waals surface area contributed by atoms with E-state index in [0.29, 0.717) is 0 Å². The summed E-state index contributed by atoms with van der Waals surface area (Å²) in [5, 5.41) is 2.89. The molecule has 1 amide bonds. The molecule has 0 aliphatic heterocycles. The topological polar surface area (TPSA) is 81.7 Å². The van der Waals surface area contributed by atoms with E-state index >= 15 is 0 Å². The lowest BCUT2D eigenvalue weighted by molar-refractivity contribution is 0.128. The first-order valence-electron chi connectivity index (χ1n) is 9.86. The highest BCUT2D eigenvalue weighted by Crippen LogP contribution is 2.26. The Labute approximate surface area is 172 Å². The van der Waals surface area contributed by atoms with E-state index in [-0.39, 0.29) is 30.1 Å². The lowest BCUT2D eigenvalue weighted by Crippen LogP contribution is -2.38. The van der Waals surface area contributed by atoms with E-state index in [4.69, 9.17) is 8.92 Å². The fraction of sp³-hybridized carbons (Fsp3) is 0.409. The molecule has 1 saturated carbocycles. The smallest absolute Gasteiger partial charge is 0.407 e. The van der Waals surface area contributed by atoms with E-state index in [1.807, 2.05) is 37.3 Å². The van der Waals surface area contributed by atoms with Crippen LogP contribution >= 0.6 is 0 Å². The van der Waals surface area contributed by atoms with Crippen molar-refractivity contribution in [1.82, 2.24) is 5.32 Å². The molecule has 0 heterocycles. The van der Waals surface area contributed by atoms with Crippen molar-refractivity contribution in [2.75, 3.05) is 6.61 Å². The van der Waals surface area contributed by atoms with Gasteiger partial charge in [0.1, 0.15) is 6.61 Å². The Bertz CT molecular complexity index is 889. The van der Waals surface area contributed by atoms with E-state index in [1.165, 1.54) is 0 Å². The molecule has 1 aliphatic carbocycles. The molecule has 0 unspecified atom stereocenters. The van der Waals surface area contributed by atoms with E-state index < -0.39 is 16.2 Å². The fourth-order valence-electron chi connectivity index (χ4n) is 3.36. The number of rotatable bonds is 7. The van der Waals surface area contributed by atoms with Crippen LogP contribution in [0.1, 0.15) is 36.8 Å². The minimum Gasteiger partial charge on any atom is -0.445 e. The molecule has 1 aliphatic rings. The third-order valence-corrected chi connectivity index (χ3v) is 6.45. The minimum atomic E-state index is -3.73. The second-order valence-electron chi connectivity index (χ2n) is 7.48. The maximum absolute atomic E-state index is 12.3. The van der Waals surface area contributed by atoms with Crippen LogP contribution in [0.5, 0.6) is 0 Å². The summed E-state index contributed by atoms with van der Waals surface area (Å²) < 4.78 is 35.1. The molecule has 6 nitrogen and oxygen atoms in total. The van der Waals surface area contributed by atoms with E-state index in [2.05, 4.69) is 5.32 Å². The predicted octanol–water partition coefficient (Wildman–Crippen LogP) is 4.19. The molecule has 7 heteroatoms. The van der Waals surface area contributed by atoms with Gasteiger partial charge in [-0.3, -0.25) is 4.18 Å². The number of amides is 1. The van der Waals surface area contributed by atoms with Gasteiger partial charge in [-0.15, -0.1) is 0 Å². The van der Waals surface area contributed by atoms with Crippen LogP contribution in [-0.4, -0.2) is 27.2 Å². The quantitative estimate of drug-likeness (QED) is 0.683. The van der Waals surface area contributed by atoms with Gasteiger partial charge in [-0.05, 0) is 56.2 Å². The van der Waals surface area contributed by atoms with Gasteiger partial charge in [-0.2, -0.15) is 8.42 Å². The Balaban J connectivity index is 1.37. The van der Waals surface area contributed by atoms with Crippen LogP contribution in [0.15, 0.2) is 59.5 Å². The van der Waals surface area contributed by atoms with Crippen LogP contribution in [0.25, 0.3) is 0 Å². The summed E-state index contributed by atoms with van der Waals surface area (Å²) in [6.07, 6.45) is 2.73.